The zero-order valence-corrected chi connectivity index (χ0v) is 9.38. The lowest BCUT2D eigenvalue weighted by atomic mass is 9.84. The molecular formula is C13H19N. The van der Waals surface area contributed by atoms with Crippen molar-refractivity contribution in [2.75, 3.05) is 0 Å². The summed E-state index contributed by atoms with van der Waals surface area (Å²) < 4.78 is 0. The summed E-state index contributed by atoms with van der Waals surface area (Å²) in [6.45, 7) is 10.4. The minimum Gasteiger partial charge on any atom is -0.253 e. The summed E-state index contributed by atoms with van der Waals surface area (Å²) in [5.74, 6) is 0. The van der Waals surface area contributed by atoms with Gasteiger partial charge in [0.15, 0.2) is 0 Å². The van der Waals surface area contributed by atoms with Gasteiger partial charge in [-0.2, -0.15) is 0 Å². The number of hydrogen-bond donors (Lipinski definition) is 0. The number of nitrogens with zero attached hydrogens (tertiary/aromatic N) is 1. The van der Waals surface area contributed by atoms with E-state index in [0.29, 0.717) is 0 Å². The molecule has 0 radical (unpaired) electrons. The van der Waals surface area contributed by atoms with Gasteiger partial charge in [-0.3, -0.25) is 4.98 Å². The second-order valence-electron chi connectivity index (χ2n) is 4.29. The predicted octanol–water partition coefficient (Wildman–Crippen LogP) is 3.80. The lowest BCUT2D eigenvalue weighted by Crippen LogP contribution is -2.18. The van der Waals surface area contributed by atoms with Crippen LogP contribution in [0, 0.1) is 0 Å². The van der Waals surface area contributed by atoms with E-state index < -0.39 is 0 Å². The molecule has 14 heavy (non-hydrogen) atoms. The highest BCUT2D eigenvalue weighted by atomic mass is 14.7. The van der Waals surface area contributed by atoms with Crippen molar-refractivity contribution in [3.8, 4) is 0 Å². The molecular weight excluding hydrogens is 170 g/mol. The van der Waals surface area contributed by atoms with Crippen LogP contribution in [0.15, 0.2) is 24.8 Å². The fourth-order valence-electron chi connectivity index (χ4n) is 1.70. The quantitative estimate of drug-likeness (QED) is 0.702. The fourth-order valence-corrected chi connectivity index (χ4v) is 1.70. The summed E-state index contributed by atoms with van der Waals surface area (Å²) in [5, 5.41) is 0. The molecule has 1 aromatic heterocycles. The van der Waals surface area contributed by atoms with Crippen molar-refractivity contribution in [1.82, 2.24) is 4.98 Å². The smallest absolute Gasteiger partial charge is 0.0627 e. The van der Waals surface area contributed by atoms with Crippen molar-refractivity contribution in [2.24, 2.45) is 0 Å². The van der Waals surface area contributed by atoms with E-state index in [-0.39, 0.29) is 5.41 Å². The van der Waals surface area contributed by atoms with Crippen LogP contribution in [-0.2, 0) is 5.41 Å². The van der Waals surface area contributed by atoms with E-state index in [9.17, 15) is 0 Å². The van der Waals surface area contributed by atoms with Crippen LogP contribution in [0.25, 0.3) is 6.08 Å². The number of hydrogen-bond acceptors (Lipinski definition) is 1. The Labute approximate surface area is 86.9 Å². The van der Waals surface area contributed by atoms with Gasteiger partial charge in [-0.1, -0.05) is 39.8 Å². The molecule has 0 aliphatic rings. The molecule has 1 heteroatoms. The van der Waals surface area contributed by atoms with Crippen LogP contribution in [0.3, 0.4) is 0 Å². The van der Waals surface area contributed by atoms with E-state index in [1.807, 2.05) is 6.07 Å². The normalized spacial score (nSPS) is 11.4. The molecule has 0 amide bonds. The maximum Gasteiger partial charge on any atom is 0.0627 e. The van der Waals surface area contributed by atoms with E-state index in [4.69, 9.17) is 0 Å². The largest absolute Gasteiger partial charge is 0.253 e. The minimum atomic E-state index is 0.174. The minimum absolute atomic E-state index is 0.174. The second kappa shape index (κ2) is 4.41. The third-order valence-electron chi connectivity index (χ3n) is 2.55. The average molecular weight is 189 g/mol. The molecule has 0 N–H and O–H groups in total. The van der Waals surface area contributed by atoms with E-state index in [1.54, 1.807) is 6.08 Å². The summed E-state index contributed by atoms with van der Waals surface area (Å²) in [6, 6.07) is 6.14. The first-order valence-electron chi connectivity index (χ1n) is 5.20. The van der Waals surface area contributed by atoms with E-state index in [0.717, 1.165) is 11.4 Å². The molecule has 0 aromatic carbocycles. The van der Waals surface area contributed by atoms with Gasteiger partial charge in [0.1, 0.15) is 0 Å². The Balaban J connectivity index is 2.99. The van der Waals surface area contributed by atoms with Gasteiger partial charge in [0.25, 0.3) is 0 Å². The first-order valence-corrected chi connectivity index (χ1v) is 5.20. The molecule has 0 atom stereocenters. The summed E-state index contributed by atoms with van der Waals surface area (Å²) in [7, 11) is 0. The fraction of sp³-hybridized carbons (Fsp3) is 0.462. The molecule has 1 rings (SSSR count). The van der Waals surface area contributed by atoms with Crippen molar-refractivity contribution in [3.05, 3.63) is 36.2 Å². The van der Waals surface area contributed by atoms with Crippen molar-refractivity contribution < 1.29 is 0 Å². The van der Waals surface area contributed by atoms with Crippen molar-refractivity contribution in [2.45, 2.75) is 39.0 Å². The third kappa shape index (κ3) is 2.44. The Bertz CT molecular complexity index is 313. The monoisotopic (exact) mass is 189 g/mol. The Morgan fingerprint density at radius 3 is 2.71 bits per heavy atom. The highest BCUT2D eigenvalue weighted by Crippen LogP contribution is 2.26. The zero-order chi connectivity index (χ0) is 10.6. The van der Waals surface area contributed by atoms with Gasteiger partial charge in [-0.25, -0.2) is 0 Å². The topological polar surface area (TPSA) is 12.9 Å². The molecule has 0 saturated carbocycles. The van der Waals surface area contributed by atoms with Crippen LogP contribution >= 0.6 is 0 Å². The van der Waals surface area contributed by atoms with E-state index in [1.165, 1.54) is 12.8 Å². The van der Waals surface area contributed by atoms with Crippen LogP contribution in [0.2, 0.25) is 0 Å². The summed E-state index contributed by atoms with van der Waals surface area (Å²) in [4.78, 5) is 4.56. The van der Waals surface area contributed by atoms with Gasteiger partial charge in [0, 0.05) is 11.1 Å². The molecule has 1 aromatic rings. The van der Waals surface area contributed by atoms with Crippen LogP contribution in [0.5, 0.6) is 0 Å². The van der Waals surface area contributed by atoms with E-state index in [2.05, 4.69) is 44.5 Å². The summed E-state index contributed by atoms with van der Waals surface area (Å²) in [5.41, 5.74) is 2.30. The van der Waals surface area contributed by atoms with Crippen molar-refractivity contribution >= 4 is 6.08 Å². The van der Waals surface area contributed by atoms with Gasteiger partial charge in [0.2, 0.25) is 0 Å². The zero-order valence-electron chi connectivity index (χ0n) is 9.38. The molecule has 0 bridgehead atoms. The highest BCUT2D eigenvalue weighted by molar-refractivity contribution is 5.42. The summed E-state index contributed by atoms with van der Waals surface area (Å²) in [6.07, 6.45) is 4.15. The summed E-state index contributed by atoms with van der Waals surface area (Å²) >= 11 is 0. The molecule has 0 aliphatic carbocycles. The van der Waals surface area contributed by atoms with Crippen molar-refractivity contribution in [1.29, 1.82) is 0 Å². The lowest BCUT2D eigenvalue weighted by molar-refractivity contribution is 0.459. The number of aromatic nitrogens is 1. The van der Waals surface area contributed by atoms with Crippen LogP contribution in [0.4, 0.5) is 0 Å². The molecule has 1 nitrogen and oxygen atoms in total. The number of rotatable bonds is 4. The Kier molecular flexibility index (Phi) is 3.45. The Morgan fingerprint density at radius 1 is 1.43 bits per heavy atom. The van der Waals surface area contributed by atoms with Crippen LogP contribution in [0.1, 0.15) is 45.0 Å². The molecule has 1 heterocycles. The third-order valence-corrected chi connectivity index (χ3v) is 2.55. The Hall–Kier alpha value is -1.11. The first-order chi connectivity index (χ1) is 6.60. The molecule has 0 aliphatic heterocycles. The molecule has 0 fully saturated rings. The van der Waals surface area contributed by atoms with Gasteiger partial charge in [-0.05, 0) is 24.6 Å². The lowest BCUT2D eigenvalue weighted by Gasteiger charge is -2.23. The molecule has 0 unspecified atom stereocenters. The predicted molar refractivity (Wildman–Crippen MR) is 62.3 cm³/mol. The second-order valence-corrected chi connectivity index (χ2v) is 4.29. The van der Waals surface area contributed by atoms with Crippen LogP contribution in [-0.4, -0.2) is 4.98 Å². The first kappa shape index (κ1) is 11.0. The average Bonchev–Trinajstić information content (AvgIpc) is 2.18. The van der Waals surface area contributed by atoms with E-state index >= 15 is 0 Å². The molecule has 0 spiro atoms. The Morgan fingerprint density at radius 2 is 2.14 bits per heavy atom. The van der Waals surface area contributed by atoms with Crippen molar-refractivity contribution in [3.63, 3.8) is 0 Å². The molecule has 76 valence electrons. The molecule has 0 saturated heterocycles. The SMILES string of the molecule is C=Cc1cccc(C(C)(C)CCC)n1. The van der Waals surface area contributed by atoms with Gasteiger partial charge >= 0.3 is 0 Å². The van der Waals surface area contributed by atoms with Crippen LogP contribution < -0.4 is 0 Å². The number of pyridine rings is 1. The maximum absolute atomic E-state index is 4.56. The standard InChI is InChI=1S/C13H19N/c1-5-10-13(3,4)12-9-7-8-11(6-2)14-12/h6-9H,2,5,10H2,1,3-4H3. The van der Waals surface area contributed by atoms with Gasteiger partial charge in [0.05, 0.1) is 5.69 Å². The van der Waals surface area contributed by atoms with Gasteiger partial charge in [-0.15, -0.1) is 0 Å². The van der Waals surface area contributed by atoms with Gasteiger partial charge < -0.3 is 0 Å². The highest BCUT2D eigenvalue weighted by Gasteiger charge is 2.20. The maximum atomic E-state index is 4.56.